The predicted octanol–water partition coefficient (Wildman–Crippen LogP) is 3.66. The maximum atomic E-state index is 12.4. The summed E-state index contributed by atoms with van der Waals surface area (Å²) in [5, 5.41) is 11.4. The second-order valence-electron chi connectivity index (χ2n) is 9.03. The number of rotatable bonds is 10. The quantitative estimate of drug-likeness (QED) is 0.218. The Bertz CT molecular complexity index is 1370. The second-order valence-corrected chi connectivity index (χ2v) is 9.03. The van der Waals surface area contributed by atoms with Crippen LogP contribution in [0.5, 0.6) is 11.5 Å². The first-order chi connectivity index (χ1) is 18.6. The molecule has 0 spiro atoms. The smallest absolute Gasteiger partial charge is 0.271 e. The molecule has 0 radical (unpaired) electrons. The van der Waals surface area contributed by atoms with Gasteiger partial charge in [0, 0.05) is 37.1 Å². The average Bonchev–Trinajstić information content (AvgIpc) is 3.60. The predicted molar refractivity (Wildman–Crippen MR) is 146 cm³/mol. The molecular formula is C29H29N5O4. The summed E-state index contributed by atoms with van der Waals surface area (Å²) in [5.74, 6) is 1.40. The van der Waals surface area contributed by atoms with Crippen LogP contribution in [0.25, 0.3) is 0 Å². The molecule has 0 aromatic heterocycles. The van der Waals surface area contributed by atoms with Gasteiger partial charge in [-0.1, -0.05) is 0 Å². The minimum atomic E-state index is -0.289. The molecule has 2 heterocycles. The lowest BCUT2D eigenvalue weighted by Crippen LogP contribution is -2.18. The van der Waals surface area contributed by atoms with Crippen LogP contribution in [0.2, 0.25) is 0 Å². The largest absolute Gasteiger partial charge is 0.493 e. The Balaban J connectivity index is 0.991. The fraction of sp³-hybridized carbons (Fsp3) is 0.241. The lowest BCUT2D eigenvalue weighted by atomic mass is 10.1. The molecule has 2 aliphatic heterocycles. The van der Waals surface area contributed by atoms with Gasteiger partial charge in [0.15, 0.2) is 0 Å². The molecular weight excluding hydrogens is 482 g/mol. The van der Waals surface area contributed by atoms with Crippen LogP contribution in [0.3, 0.4) is 0 Å². The molecule has 2 aliphatic rings. The number of fused-ring (bicyclic) bond motifs is 2. The summed E-state index contributed by atoms with van der Waals surface area (Å²) in [6, 6.07) is 18.8. The van der Waals surface area contributed by atoms with Gasteiger partial charge in [0.1, 0.15) is 11.5 Å². The first kappa shape index (κ1) is 25.0. The molecule has 5 rings (SSSR count). The Morgan fingerprint density at radius 2 is 1.39 bits per heavy atom. The fourth-order valence-corrected chi connectivity index (χ4v) is 4.26. The normalized spacial score (nSPS) is 13.6. The molecule has 9 nitrogen and oxygen atoms in total. The van der Waals surface area contributed by atoms with E-state index >= 15 is 0 Å². The van der Waals surface area contributed by atoms with Gasteiger partial charge in [-0.15, -0.1) is 0 Å². The molecule has 0 saturated heterocycles. The highest BCUT2D eigenvalue weighted by Crippen LogP contribution is 2.26. The summed E-state index contributed by atoms with van der Waals surface area (Å²) in [5.41, 5.74) is 10.6. The van der Waals surface area contributed by atoms with Crippen molar-refractivity contribution in [3.63, 3.8) is 0 Å². The highest BCUT2D eigenvalue weighted by atomic mass is 16.5. The van der Waals surface area contributed by atoms with Crippen LogP contribution in [0.15, 0.2) is 70.9 Å². The van der Waals surface area contributed by atoms with E-state index in [0.717, 1.165) is 52.3 Å². The molecule has 9 heteroatoms. The first-order valence-corrected chi connectivity index (χ1v) is 12.6. The number of carbonyl (C=O) groups excluding carboxylic acids is 2. The number of nitrogens with one attached hydrogen (secondary N) is 3. The van der Waals surface area contributed by atoms with Crippen LogP contribution in [0, 0.1) is 0 Å². The van der Waals surface area contributed by atoms with E-state index in [9.17, 15) is 9.59 Å². The standard InChI is InChI=1S/C29H29N5O4/c35-28(33-31-18-20-3-9-26-23(16-20)11-14-37-26)2-1-13-30-25-7-5-22(6-8-25)29(36)34-32-19-21-4-10-27-24(17-21)12-15-38-27/h3-10,16-19,30H,1-2,11-15H2,(H,33,35)(H,34,36)/b31-18+,32-19+. The number of ether oxygens (including phenoxy) is 2. The second kappa shape index (κ2) is 12.1. The zero-order valence-electron chi connectivity index (χ0n) is 20.9. The van der Waals surface area contributed by atoms with Gasteiger partial charge in [0.25, 0.3) is 5.91 Å². The Hall–Kier alpha value is -4.66. The summed E-state index contributed by atoms with van der Waals surface area (Å²) in [6.45, 7) is 2.03. The molecule has 194 valence electrons. The van der Waals surface area contributed by atoms with E-state index in [-0.39, 0.29) is 11.8 Å². The van der Waals surface area contributed by atoms with Crippen molar-refractivity contribution in [1.82, 2.24) is 10.9 Å². The van der Waals surface area contributed by atoms with Gasteiger partial charge in [-0.05, 0) is 89.3 Å². The highest BCUT2D eigenvalue weighted by Gasteiger charge is 2.12. The van der Waals surface area contributed by atoms with Crippen LogP contribution in [-0.4, -0.2) is 44.0 Å². The van der Waals surface area contributed by atoms with E-state index in [4.69, 9.17) is 9.47 Å². The van der Waals surface area contributed by atoms with E-state index in [1.807, 2.05) is 48.5 Å². The number of amides is 2. The molecule has 0 saturated carbocycles. The molecule has 3 N–H and O–H groups in total. The van der Waals surface area contributed by atoms with Gasteiger partial charge >= 0.3 is 0 Å². The summed E-state index contributed by atoms with van der Waals surface area (Å²) in [7, 11) is 0. The van der Waals surface area contributed by atoms with Crippen molar-refractivity contribution in [2.75, 3.05) is 25.1 Å². The van der Waals surface area contributed by atoms with Crippen LogP contribution in [0.1, 0.15) is 45.5 Å². The Morgan fingerprint density at radius 1 is 0.789 bits per heavy atom. The third kappa shape index (κ3) is 6.56. The van der Waals surface area contributed by atoms with Crippen molar-refractivity contribution in [2.24, 2.45) is 10.2 Å². The Morgan fingerprint density at radius 3 is 2.03 bits per heavy atom. The molecule has 3 aromatic rings. The zero-order chi connectivity index (χ0) is 26.2. The number of benzene rings is 3. The number of hydrazone groups is 2. The third-order valence-electron chi connectivity index (χ3n) is 6.27. The maximum absolute atomic E-state index is 12.4. The van der Waals surface area contributed by atoms with Gasteiger partial charge in [-0.3, -0.25) is 9.59 Å². The highest BCUT2D eigenvalue weighted by molar-refractivity contribution is 5.95. The topological polar surface area (TPSA) is 113 Å². The number of nitrogens with zero attached hydrogens (tertiary/aromatic N) is 2. The molecule has 0 unspecified atom stereocenters. The van der Waals surface area contributed by atoms with E-state index in [0.29, 0.717) is 38.2 Å². The summed E-state index contributed by atoms with van der Waals surface area (Å²) >= 11 is 0. The SMILES string of the molecule is O=C(CCCNc1ccc(C(=O)N/N=C/c2ccc3c(c2)CCO3)cc1)N/N=C/c1ccc2c(c1)CCO2. The van der Waals surface area contributed by atoms with Gasteiger partial charge in [-0.2, -0.15) is 10.2 Å². The summed E-state index contributed by atoms with van der Waals surface area (Å²) in [6.07, 6.45) is 6.03. The Labute approximate surface area is 220 Å². The summed E-state index contributed by atoms with van der Waals surface area (Å²) < 4.78 is 11.0. The first-order valence-electron chi connectivity index (χ1n) is 12.6. The minimum Gasteiger partial charge on any atom is -0.493 e. The molecule has 0 bridgehead atoms. The molecule has 2 amide bonds. The van der Waals surface area contributed by atoms with Gasteiger partial charge in [0.05, 0.1) is 25.6 Å². The van der Waals surface area contributed by atoms with Gasteiger partial charge in [0.2, 0.25) is 5.91 Å². The van der Waals surface area contributed by atoms with Crippen LogP contribution in [-0.2, 0) is 17.6 Å². The number of carbonyl (C=O) groups is 2. The molecule has 0 aliphatic carbocycles. The zero-order valence-corrected chi connectivity index (χ0v) is 20.9. The third-order valence-corrected chi connectivity index (χ3v) is 6.27. The lowest BCUT2D eigenvalue weighted by molar-refractivity contribution is -0.121. The van der Waals surface area contributed by atoms with Crippen molar-refractivity contribution in [1.29, 1.82) is 0 Å². The van der Waals surface area contributed by atoms with Crippen molar-refractivity contribution in [2.45, 2.75) is 25.7 Å². The van der Waals surface area contributed by atoms with Crippen LogP contribution >= 0.6 is 0 Å². The molecule has 38 heavy (non-hydrogen) atoms. The van der Waals surface area contributed by atoms with Crippen LogP contribution in [0.4, 0.5) is 5.69 Å². The number of hydrogen-bond acceptors (Lipinski definition) is 7. The van der Waals surface area contributed by atoms with E-state index < -0.39 is 0 Å². The number of anilines is 1. The van der Waals surface area contributed by atoms with Crippen LogP contribution < -0.4 is 25.6 Å². The molecule has 0 atom stereocenters. The minimum absolute atomic E-state index is 0.145. The fourth-order valence-electron chi connectivity index (χ4n) is 4.26. The van der Waals surface area contributed by atoms with Crippen molar-refractivity contribution < 1.29 is 19.1 Å². The molecule has 0 fully saturated rings. The summed E-state index contributed by atoms with van der Waals surface area (Å²) in [4.78, 5) is 24.4. The average molecular weight is 512 g/mol. The molecule has 3 aromatic carbocycles. The van der Waals surface area contributed by atoms with Crippen molar-refractivity contribution in [3.8, 4) is 11.5 Å². The van der Waals surface area contributed by atoms with E-state index in [1.165, 1.54) is 0 Å². The lowest BCUT2D eigenvalue weighted by Gasteiger charge is -2.07. The van der Waals surface area contributed by atoms with Gasteiger partial charge in [-0.25, -0.2) is 10.9 Å². The monoisotopic (exact) mass is 511 g/mol. The van der Waals surface area contributed by atoms with E-state index in [2.05, 4.69) is 26.4 Å². The Kier molecular flexibility index (Phi) is 7.93. The number of hydrogen-bond donors (Lipinski definition) is 3. The van der Waals surface area contributed by atoms with Gasteiger partial charge < -0.3 is 14.8 Å². The maximum Gasteiger partial charge on any atom is 0.271 e. The van der Waals surface area contributed by atoms with Crippen molar-refractivity contribution in [3.05, 3.63) is 88.5 Å². The van der Waals surface area contributed by atoms with Crippen molar-refractivity contribution >= 4 is 29.9 Å². The van der Waals surface area contributed by atoms with E-state index in [1.54, 1.807) is 24.6 Å².